The van der Waals surface area contributed by atoms with Crippen LogP contribution in [0.2, 0.25) is 0 Å². The Bertz CT molecular complexity index is 410. The molecule has 0 bridgehead atoms. The van der Waals surface area contributed by atoms with Crippen molar-refractivity contribution in [3.8, 4) is 5.75 Å². The molecule has 1 aromatic rings. The van der Waals surface area contributed by atoms with Gasteiger partial charge in [-0.25, -0.2) is 0 Å². The predicted molar refractivity (Wildman–Crippen MR) is 84.7 cm³/mol. The Hall–Kier alpha value is -1.31. The maximum atomic E-state index is 12.2. The van der Waals surface area contributed by atoms with Crippen LogP contribution in [0, 0.1) is 6.92 Å². The molecule has 112 valence electrons. The second-order valence-electron chi connectivity index (χ2n) is 5.48. The summed E-state index contributed by atoms with van der Waals surface area (Å²) in [5, 5.41) is 0. The number of hydrogen-bond acceptors (Lipinski definition) is 2. The molecular formula is C18H28O2. The van der Waals surface area contributed by atoms with Crippen molar-refractivity contribution in [2.24, 2.45) is 0 Å². The van der Waals surface area contributed by atoms with Crippen LogP contribution >= 0.6 is 0 Å². The highest BCUT2D eigenvalue weighted by atomic mass is 16.5. The zero-order valence-electron chi connectivity index (χ0n) is 13.2. The normalized spacial score (nSPS) is 10.6. The standard InChI is InChI=1S/C18H28O2/c1-4-5-6-7-8-9-10-11-18(19)17-13-12-16(20-3)14-15(17)2/h12-14H,4-11H2,1-3H3. The van der Waals surface area contributed by atoms with Gasteiger partial charge in [0.15, 0.2) is 5.78 Å². The highest BCUT2D eigenvalue weighted by molar-refractivity contribution is 5.97. The van der Waals surface area contributed by atoms with Gasteiger partial charge in [-0.2, -0.15) is 0 Å². The molecule has 0 atom stereocenters. The molecule has 0 aromatic heterocycles. The van der Waals surface area contributed by atoms with Gasteiger partial charge in [0.2, 0.25) is 0 Å². The second-order valence-corrected chi connectivity index (χ2v) is 5.48. The zero-order valence-corrected chi connectivity index (χ0v) is 13.2. The van der Waals surface area contributed by atoms with Crippen molar-refractivity contribution >= 4 is 5.78 Å². The summed E-state index contributed by atoms with van der Waals surface area (Å²) in [4.78, 5) is 12.2. The van der Waals surface area contributed by atoms with Crippen molar-refractivity contribution in [2.45, 2.75) is 65.2 Å². The van der Waals surface area contributed by atoms with Crippen molar-refractivity contribution in [3.63, 3.8) is 0 Å². The molecule has 0 aliphatic heterocycles. The summed E-state index contributed by atoms with van der Waals surface area (Å²) in [6, 6.07) is 5.68. The van der Waals surface area contributed by atoms with E-state index in [4.69, 9.17) is 4.74 Å². The van der Waals surface area contributed by atoms with Gasteiger partial charge in [0, 0.05) is 12.0 Å². The quantitative estimate of drug-likeness (QED) is 0.426. The lowest BCUT2D eigenvalue weighted by Gasteiger charge is -2.07. The summed E-state index contributed by atoms with van der Waals surface area (Å²) in [7, 11) is 1.65. The van der Waals surface area contributed by atoms with Crippen molar-refractivity contribution in [1.82, 2.24) is 0 Å². The number of Topliss-reactive ketones (excluding diaryl/α,β-unsaturated/α-hetero) is 1. The number of ether oxygens (including phenoxy) is 1. The van der Waals surface area contributed by atoms with Gasteiger partial charge in [-0.15, -0.1) is 0 Å². The van der Waals surface area contributed by atoms with Crippen LogP contribution in [-0.2, 0) is 0 Å². The Kier molecular flexibility index (Phi) is 8.01. The van der Waals surface area contributed by atoms with E-state index >= 15 is 0 Å². The Labute approximate surface area is 123 Å². The zero-order chi connectivity index (χ0) is 14.8. The highest BCUT2D eigenvalue weighted by Crippen LogP contribution is 2.19. The number of aryl methyl sites for hydroxylation is 1. The van der Waals surface area contributed by atoms with Gasteiger partial charge >= 0.3 is 0 Å². The van der Waals surface area contributed by atoms with E-state index in [1.54, 1.807) is 7.11 Å². The molecule has 0 N–H and O–H groups in total. The Morgan fingerprint density at radius 1 is 1.05 bits per heavy atom. The first-order valence-corrected chi connectivity index (χ1v) is 7.87. The molecule has 2 nitrogen and oxygen atoms in total. The summed E-state index contributed by atoms with van der Waals surface area (Å²) in [6.45, 7) is 4.20. The first kappa shape index (κ1) is 16.7. The molecule has 0 aliphatic carbocycles. The molecule has 0 saturated heterocycles. The minimum absolute atomic E-state index is 0.263. The summed E-state index contributed by atoms with van der Waals surface area (Å²) in [5.74, 6) is 1.08. The van der Waals surface area contributed by atoms with Crippen LogP contribution in [0.4, 0.5) is 0 Å². The molecular weight excluding hydrogens is 248 g/mol. The summed E-state index contributed by atoms with van der Waals surface area (Å²) in [6.07, 6.45) is 9.38. The second kappa shape index (κ2) is 9.57. The highest BCUT2D eigenvalue weighted by Gasteiger charge is 2.09. The van der Waals surface area contributed by atoms with E-state index in [1.807, 2.05) is 25.1 Å². The number of carbonyl (C=O) groups excluding carboxylic acids is 1. The molecule has 0 radical (unpaired) electrons. The van der Waals surface area contributed by atoms with Gasteiger partial charge < -0.3 is 4.74 Å². The van der Waals surface area contributed by atoms with E-state index in [-0.39, 0.29) is 5.78 Å². The Morgan fingerprint density at radius 3 is 2.30 bits per heavy atom. The van der Waals surface area contributed by atoms with E-state index in [1.165, 1.54) is 38.5 Å². The first-order chi connectivity index (χ1) is 9.69. The van der Waals surface area contributed by atoms with Crippen LogP contribution in [0.5, 0.6) is 5.75 Å². The maximum Gasteiger partial charge on any atom is 0.163 e. The molecule has 1 rings (SSSR count). The number of ketones is 1. The van der Waals surface area contributed by atoms with Gasteiger partial charge in [-0.05, 0) is 37.1 Å². The fraction of sp³-hybridized carbons (Fsp3) is 0.611. The van der Waals surface area contributed by atoms with Crippen LogP contribution in [-0.4, -0.2) is 12.9 Å². The lowest BCUT2D eigenvalue weighted by Crippen LogP contribution is -2.02. The third-order valence-corrected chi connectivity index (χ3v) is 3.74. The van der Waals surface area contributed by atoms with E-state index in [9.17, 15) is 4.79 Å². The molecule has 0 saturated carbocycles. The van der Waals surface area contributed by atoms with Crippen LogP contribution in [0.3, 0.4) is 0 Å². The van der Waals surface area contributed by atoms with Gasteiger partial charge in [0.05, 0.1) is 7.11 Å². The van der Waals surface area contributed by atoms with Gasteiger partial charge in [0.25, 0.3) is 0 Å². The Morgan fingerprint density at radius 2 is 1.70 bits per heavy atom. The predicted octanol–water partition coefficient (Wildman–Crippen LogP) is 5.33. The van der Waals surface area contributed by atoms with Gasteiger partial charge in [-0.1, -0.05) is 45.4 Å². The minimum Gasteiger partial charge on any atom is -0.497 e. The summed E-state index contributed by atoms with van der Waals surface area (Å²) in [5.41, 5.74) is 1.86. The first-order valence-electron chi connectivity index (χ1n) is 7.87. The van der Waals surface area contributed by atoms with Crippen LogP contribution in [0.25, 0.3) is 0 Å². The fourth-order valence-corrected chi connectivity index (χ4v) is 2.45. The lowest BCUT2D eigenvalue weighted by molar-refractivity contribution is 0.0978. The van der Waals surface area contributed by atoms with E-state index in [0.717, 1.165) is 23.3 Å². The smallest absolute Gasteiger partial charge is 0.163 e. The molecule has 2 heteroatoms. The van der Waals surface area contributed by atoms with Crippen LogP contribution in [0.1, 0.15) is 74.2 Å². The molecule has 0 aliphatic rings. The third-order valence-electron chi connectivity index (χ3n) is 3.74. The fourth-order valence-electron chi connectivity index (χ4n) is 2.45. The molecule has 0 amide bonds. The van der Waals surface area contributed by atoms with E-state index in [0.29, 0.717) is 6.42 Å². The summed E-state index contributed by atoms with van der Waals surface area (Å²) >= 11 is 0. The molecule has 0 spiro atoms. The molecule has 20 heavy (non-hydrogen) atoms. The SMILES string of the molecule is CCCCCCCCCC(=O)c1ccc(OC)cc1C. The number of carbonyl (C=O) groups is 1. The monoisotopic (exact) mass is 276 g/mol. The minimum atomic E-state index is 0.263. The van der Waals surface area contributed by atoms with Gasteiger partial charge in [-0.3, -0.25) is 4.79 Å². The number of benzene rings is 1. The van der Waals surface area contributed by atoms with Crippen LogP contribution in [0.15, 0.2) is 18.2 Å². The molecule has 0 heterocycles. The largest absolute Gasteiger partial charge is 0.497 e. The van der Waals surface area contributed by atoms with Crippen molar-refractivity contribution in [1.29, 1.82) is 0 Å². The molecule has 0 unspecified atom stereocenters. The van der Waals surface area contributed by atoms with Crippen molar-refractivity contribution in [3.05, 3.63) is 29.3 Å². The Balaban J connectivity index is 2.29. The van der Waals surface area contributed by atoms with Crippen molar-refractivity contribution in [2.75, 3.05) is 7.11 Å². The topological polar surface area (TPSA) is 26.3 Å². The molecule has 0 fully saturated rings. The van der Waals surface area contributed by atoms with Crippen LogP contribution < -0.4 is 4.74 Å². The average Bonchev–Trinajstić information content (AvgIpc) is 2.45. The number of hydrogen-bond donors (Lipinski definition) is 0. The summed E-state index contributed by atoms with van der Waals surface area (Å²) < 4.78 is 5.16. The van der Waals surface area contributed by atoms with Gasteiger partial charge in [0.1, 0.15) is 5.75 Å². The van der Waals surface area contributed by atoms with Crippen molar-refractivity contribution < 1.29 is 9.53 Å². The maximum absolute atomic E-state index is 12.2. The number of rotatable bonds is 10. The van der Waals surface area contributed by atoms with E-state index in [2.05, 4.69) is 6.92 Å². The number of methoxy groups -OCH3 is 1. The third kappa shape index (κ3) is 5.77. The van der Waals surface area contributed by atoms with E-state index < -0.39 is 0 Å². The lowest BCUT2D eigenvalue weighted by atomic mass is 9.99. The molecule has 1 aromatic carbocycles. The average molecular weight is 276 g/mol. The number of unbranched alkanes of at least 4 members (excludes halogenated alkanes) is 6.